The summed E-state index contributed by atoms with van der Waals surface area (Å²) in [5.74, 6) is 0.280. The lowest BCUT2D eigenvalue weighted by atomic mass is 10.0. The molecule has 29 heavy (non-hydrogen) atoms. The zero-order chi connectivity index (χ0) is 21.3. The van der Waals surface area contributed by atoms with E-state index in [0.717, 1.165) is 29.9 Å². The first-order valence-corrected chi connectivity index (χ1v) is 12.0. The number of piperidine rings is 1. The fourth-order valence-electron chi connectivity index (χ4n) is 4.04. The zero-order valence-corrected chi connectivity index (χ0v) is 18.7. The molecule has 1 fully saturated rings. The van der Waals surface area contributed by atoms with Crippen LogP contribution in [0.5, 0.6) is 0 Å². The highest BCUT2D eigenvalue weighted by Crippen LogP contribution is 2.24. The van der Waals surface area contributed by atoms with Gasteiger partial charge in [0.05, 0.1) is 11.8 Å². The molecule has 1 atom stereocenters. The Bertz CT molecular complexity index is 1010. The first-order valence-electron chi connectivity index (χ1n) is 10.1. The van der Waals surface area contributed by atoms with Crippen LogP contribution in [0.4, 0.5) is 0 Å². The number of nitrogens with zero attached hydrogens (tertiary/aromatic N) is 2. The van der Waals surface area contributed by atoms with Gasteiger partial charge in [-0.3, -0.25) is 4.79 Å². The molecule has 7 heteroatoms. The van der Waals surface area contributed by atoms with Crippen LogP contribution in [0.1, 0.15) is 59.9 Å². The van der Waals surface area contributed by atoms with Crippen molar-refractivity contribution in [3.8, 4) is 5.69 Å². The molecule has 1 saturated heterocycles. The lowest BCUT2D eigenvalue weighted by Gasteiger charge is -2.31. The summed E-state index contributed by atoms with van der Waals surface area (Å²) in [7, 11) is -3.24. The number of nitrogens with one attached hydrogen (secondary N) is 1. The van der Waals surface area contributed by atoms with E-state index < -0.39 is 10.0 Å². The van der Waals surface area contributed by atoms with E-state index in [1.165, 1.54) is 16.1 Å². The third-order valence-electron chi connectivity index (χ3n) is 5.66. The Hall–Kier alpha value is -2.12. The van der Waals surface area contributed by atoms with Crippen LogP contribution in [0.3, 0.4) is 0 Å². The molecule has 1 aliphatic rings. The summed E-state index contributed by atoms with van der Waals surface area (Å²) in [4.78, 5) is 13.0. The Morgan fingerprint density at radius 1 is 1.21 bits per heavy atom. The number of benzene rings is 1. The van der Waals surface area contributed by atoms with Crippen molar-refractivity contribution in [3.05, 3.63) is 52.8 Å². The molecule has 2 aromatic rings. The van der Waals surface area contributed by atoms with Gasteiger partial charge in [0.15, 0.2) is 0 Å². The van der Waals surface area contributed by atoms with Crippen molar-refractivity contribution in [2.45, 2.75) is 52.5 Å². The Morgan fingerprint density at radius 3 is 2.59 bits per heavy atom. The standard InChI is InChI=1S/C22H31N3O3S/c1-15(2)18-8-6-10-20(13-18)25-16(3)12-21(17(25)4)22(26)23-19-9-7-11-24(14-19)29(5,27)28/h6,8,10,12-13,15,19H,7,9,11,14H2,1-5H3,(H,23,26). The highest BCUT2D eigenvalue weighted by atomic mass is 32.2. The van der Waals surface area contributed by atoms with Gasteiger partial charge in [0.2, 0.25) is 10.0 Å². The Balaban J connectivity index is 1.83. The number of carbonyl (C=O) groups is 1. The van der Waals surface area contributed by atoms with Crippen LogP contribution < -0.4 is 5.32 Å². The van der Waals surface area contributed by atoms with Crippen molar-refractivity contribution in [3.63, 3.8) is 0 Å². The molecular formula is C22H31N3O3S. The van der Waals surface area contributed by atoms with Gasteiger partial charge < -0.3 is 9.88 Å². The van der Waals surface area contributed by atoms with Gasteiger partial charge in [-0.1, -0.05) is 26.0 Å². The largest absolute Gasteiger partial charge is 0.348 e. The van der Waals surface area contributed by atoms with Gasteiger partial charge in [0.1, 0.15) is 0 Å². The fourth-order valence-corrected chi connectivity index (χ4v) is 4.95. The number of sulfonamides is 1. The van der Waals surface area contributed by atoms with E-state index in [0.29, 0.717) is 24.6 Å². The number of rotatable bonds is 5. The van der Waals surface area contributed by atoms with Gasteiger partial charge in [0, 0.05) is 36.2 Å². The lowest BCUT2D eigenvalue weighted by molar-refractivity contribution is 0.0921. The van der Waals surface area contributed by atoms with E-state index in [-0.39, 0.29) is 11.9 Å². The molecule has 0 aliphatic carbocycles. The predicted molar refractivity (Wildman–Crippen MR) is 116 cm³/mol. The minimum Gasteiger partial charge on any atom is -0.348 e. The highest BCUT2D eigenvalue weighted by Gasteiger charge is 2.28. The molecule has 2 heterocycles. The third kappa shape index (κ3) is 4.73. The fraction of sp³-hybridized carbons (Fsp3) is 0.500. The van der Waals surface area contributed by atoms with E-state index >= 15 is 0 Å². The summed E-state index contributed by atoms with van der Waals surface area (Å²) in [6.45, 7) is 9.13. The van der Waals surface area contributed by atoms with E-state index in [4.69, 9.17) is 0 Å². The summed E-state index contributed by atoms with van der Waals surface area (Å²) in [6, 6.07) is 10.1. The zero-order valence-electron chi connectivity index (χ0n) is 17.9. The number of carbonyl (C=O) groups excluding carboxylic acids is 1. The number of aromatic nitrogens is 1. The van der Waals surface area contributed by atoms with Crippen LogP contribution >= 0.6 is 0 Å². The van der Waals surface area contributed by atoms with E-state index in [9.17, 15) is 13.2 Å². The van der Waals surface area contributed by atoms with Crippen molar-refractivity contribution in [2.24, 2.45) is 0 Å². The number of hydrogen-bond donors (Lipinski definition) is 1. The van der Waals surface area contributed by atoms with Crippen LogP contribution in [-0.2, 0) is 10.0 Å². The van der Waals surface area contributed by atoms with Crippen molar-refractivity contribution >= 4 is 15.9 Å². The third-order valence-corrected chi connectivity index (χ3v) is 6.93. The maximum atomic E-state index is 13.0. The molecule has 1 aliphatic heterocycles. The number of hydrogen-bond acceptors (Lipinski definition) is 3. The van der Waals surface area contributed by atoms with Gasteiger partial charge in [0.25, 0.3) is 5.91 Å². The van der Waals surface area contributed by atoms with Gasteiger partial charge in [-0.05, 0) is 56.4 Å². The van der Waals surface area contributed by atoms with Crippen molar-refractivity contribution in [2.75, 3.05) is 19.3 Å². The second-order valence-corrected chi connectivity index (χ2v) is 10.3. The summed E-state index contributed by atoms with van der Waals surface area (Å²) < 4.78 is 27.2. The maximum Gasteiger partial charge on any atom is 0.253 e. The smallest absolute Gasteiger partial charge is 0.253 e. The second kappa shape index (κ2) is 8.32. The molecule has 0 bridgehead atoms. The monoisotopic (exact) mass is 417 g/mol. The quantitative estimate of drug-likeness (QED) is 0.811. The van der Waals surface area contributed by atoms with Gasteiger partial charge in [-0.2, -0.15) is 0 Å². The van der Waals surface area contributed by atoms with Crippen LogP contribution in [0.15, 0.2) is 30.3 Å². The number of amides is 1. The lowest BCUT2D eigenvalue weighted by Crippen LogP contribution is -2.49. The van der Waals surface area contributed by atoms with Crippen molar-refractivity contribution in [1.29, 1.82) is 0 Å². The summed E-state index contributed by atoms with van der Waals surface area (Å²) in [5, 5.41) is 3.04. The highest BCUT2D eigenvalue weighted by molar-refractivity contribution is 7.88. The van der Waals surface area contributed by atoms with Crippen molar-refractivity contribution < 1.29 is 13.2 Å². The normalized spacial score (nSPS) is 18.2. The van der Waals surface area contributed by atoms with Crippen LogP contribution in [0.2, 0.25) is 0 Å². The molecule has 1 amide bonds. The summed E-state index contributed by atoms with van der Waals surface area (Å²) >= 11 is 0. The molecule has 0 radical (unpaired) electrons. The van der Waals surface area contributed by atoms with Crippen LogP contribution in [0, 0.1) is 13.8 Å². The first kappa shape index (κ1) is 21.6. The van der Waals surface area contributed by atoms with E-state index in [2.05, 4.69) is 41.9 Å². The molecule has 1 aromatic heterocycles. The average Bonchev–Trinajstić information content (AvgIpc) is 2.95. The molecule has 158 valence electrons. The Morgan fingerprint density at radius 2 is 1.93 bits per heavy atom. The molecule has 1 N–H and O–H groups in total. The molecule has 1 unspecified atom stereocenters. The van der Waals surface area contributed by atoms with Gasteiger partial charge in [-0.25, -0.2) is 12.7 Å². The molecule has 0 spiro atoms. The predicted octanol–water partition coefficient (Wildman–Crippen LogP) is 3.37. The molecule has 6 nitrogen and oxygen atoms in total. The van der Waals surface area contributed by atoms with Crippen molar-refractivity contribution in [1.82, 2.24) is 14.2 Å². The molecule has 0 saturated carbocycles. The van der Waals surface area contributed by atoms with Crippen LogP contribution in [-0.4, -0.2) is 48.6 Å². The number of aryl methyl sites for hydroxylation is 1. The average molecular weight is 418 g/mol. The maximum absolute atomic E-state index is 13.0. The van der Waals surface area contributed by atoms with E-state index in [1.54, 1.807) is 0 Å². The van der Waals surface area contributed by atoms with E-state index in [1.807, 2.05) is 26.0 Å². The topological polar surface area (TPSA) is 71.4 Å². The SMILES string of the molecule is Cc1cc(C(=O)NC2CCCN(S(C)(=O)=O)C2)c(C)n1-c1cccc(C(C)C)c1. The van der Waals surface area contributed by atoms with Gasteiger partial charge >= 0.3 is 0 Å². The molecule has 1 aromatic carbocycles. The second-order valence-electron chi connectivity index (χ2n) is 8.30. The van der Waals surface area contributed by atoms with Crippen LogP contribution in [0.25, 0.3) is 5.69 Å². The van der Waals surface area contributed by atoms with Gasteiger partial charge in [-0.15, -0.1) is 0 Å². The molecule has 3 rings (SSSR count). The Labute approximate surface area is 174 Å². The molecular weight excluding hydrogens is 386 g/mol. The first-order chi connectivity index (χ1) is 13.6. The Kier molecular flexibility index (Phi) is 6.19. The minimum atomic E-state index is -3.24. The minimum absolute atomic E-state index is 0.148. The summed E-state index contributed by atoms with van der Waals surface area (Å²) in [6.07, 6.45) is 2.75. The summed E-state index contributed by atoms with van der Waals surface area (Å²) in [5.41, 5.74) is 4.82.